The van der Waals surface area contributed by atoms with E-state index < -0.39 is 12.1 Å². The van der Waals surface area contributed by atoms with E-state index in [-0.39, 0.29) is 17.5 Å². The third kappa shape index (κ3) is 4.43. The molecule has 1 N–H and O–H groups in total. The number of carbonyl (C=O) groups excluding carboxylic acids is 2. The molecule has 6 heteroatoms. The van der Waals surface area contributed by atoms with Gasteiger partial charge in [0, 0.05) is 18.2 Å². The van der Waals surface area contributed by atoms with E-state index in [4.69, 9.17) is 4.74 Å². The Balaban J connectivity index is 1.89. The van der Waals surface area contributed by atoms with Crippen LogP contribution in [0.3, 0.4) is 0 Å². The maximum atomic E-state index is 12.2. The number of ether oxygens (including phenoxy) is 1. The van der Waals surface area contributed by atoms with Gasteiger partial charge in [0.1, 0.15) is 0 Å². The molecule has 1 aliphatic rings. The summed E-state index contributed by atoms with van der Waals surface area (Å²) in [6.45, 7) is 5.90. The first kappa shape index (κ1) is 17.2. The summed E-state index contributed by atoms with van der Waals surface area (Å²) in [4.78, 5) is 24.2. The van der Waals surface area contributed by atoms with Crippen molar-refractivity contribution >= 4 is 11.9 Å². The highest BCUT2D eigenvalue weighted by Crippen LogP contribution is 2.29. The second-order valence-corrected chi connectivity index (χ2v) is 6.38. The van der Waals surface area contributed by atoms with Crippen LogP contribution in [0.5, 0.6) is 0 Å². The van der Waals surface area contributed by atoms with Crippen LogP contribution in [0.4, 0.5) is 0 Å². The van der Waals surface area contributed by atoms with Crippen LogP contribution in [0, 0.1) is 17.0 Å². The first-order chi connectivity index (χ1) is 10.9. The van der Waals surface area contributed by atoms with Gasteiger partial charge in [-0.15, -0.1) is 0 Å². The summed E-state index contributed by atoms with van der Waals surface area (Å²) in [5.74, 6) is 0.102. The summed E-state index contributed by atoms with van der Waals surface area (Å²) in [5.41, 5.74) is 0.247. The fraction of sp³-hybridized carbons (Fsp3) is 0.588. The van der Waals surface area contributed by atoms with Crippen molar-refractivity contribution in [3.8, 4) is 0 Å². The first-order valence-corrected chi connectivity index (χ1v) is 8.08. The van der Waals surface area contributed by atoms with Gasteiger partial charge >= 0.3 is 5.97 Å². The standard InChI is InChI=1S/C17H24N2O4/c1-11-5-4-6-15(12(11)2)18-16(20)13(3)23-17(21)14-7-9-19(22)10-8-14/h7-13,15H,4-6H2,1-3H3,(H,18,20)/t11-,12-,13-,15-/m1/s1. The Morgan fingerprint density at radius 3 is 2.61 bits per heavy atom. The van der Waals surface area contributed by atoms with E-state index in [1.165, 1.54) is 30.9 Å². The van der Waals surface area contributed by atoms with E-state index in [9.17, 15) is 14.8 Å². The zero-order valence-electron chi connectivity index (χ0n) is 13.8. The lowest BCUT2D eigenvalue weighted by Gasteiger charge is -2.35. The van der Waals surface area contributed by atoms with E-state index in [2.05, 4.69) is 19.2 Å². The number of aromatic nitrogens is 1. The van der Waals surface area contributed by atoms with E-state index in [1.807, 2.05) is 0 Å². The molecule has 6 nitrogen and oxygen atoms in total. The van der Waals surface area contributed by atoms with E-state index in [1.54, 1.807) is 6.92 Å². The lowest BCUT2D eigenvalue weighted by Crippen LogP contribution is -2.47. The zero-order valence-corrected chi connectivity index (χ0v) is 13.8. The van der Waals surface area contributed by atoms with Gasteiger partial charge in [0.15, 0.2) is 18.5 Å². The average molecular weight is 320 g/mol. The topological polar surface area (TPSA) is 82.3 Å². The highest BCUT2D eigenvalue weighted by Gasteiger charge is 2.30. The molecule has 0 saturated heterocycles. The molecule has 1 aliphatic carbocycles. The maximum absolute atomic E-state index is 12.2. The number of amides is 1. The first-order valence-electron chi connectivity index (χ1n) is 8.08. The molecule has 23 heavy (non-hydrogen) atoms. The molecule has 4 atom stereocenters. The Labute approximate surface area is 136 Å². The van der Waals surface area contributed by atoms with Crippen LogP contribution < -0.4 is 10.0 Å². The quantitative estimate of drug-likeness (QED) is 0.521. The lowest BCUT2D eigenvalue weighted by atomic mass is 9.78. The molecular formula is C17H24N2O4. The predicted molar refractivity (Wildman–Crippen MR) is 84.4 cm³/mol. The smallest absolute Gasteiger partial charge is 0.339 e. The number of hydrogen-bond donors (Lipinski definition) is 1. The van der Waals surface area contributed by atoms with Crippen molar-refractivity contribution in [2.75, 3.05) is 0 Å². The summed E-state index contributed by atoms with van der Waals surface area (Å²) < 4.78 is 5.76. The molecule has 0 bridgehead atoms. The number of nitrogens with zero attached hydrogens (tertiary/aromatic N) is 1. The number of hydrogen-bond acceptors (Lipinski definition) is 4. The molecule has 1 heterocycles. The van der Waals surface area contributed by atoms with Gasteiger partial charge in [-0.05, 0) is 25.2 Å². The van der Waals surface area contributed by atoms with Gasteiger partial charge in [-0.2, -0.15) is 4.73 Å². The summed E-state index contributed by atoms with van der Waals surface area (Å²) in [7, 11) is 0. The molecule has 0 aromatic carbocycles. The van der Waals surface area contributed by atoms with Crippen LogP contribution in [0.15, 0.2) is 24.5 Å². The Morgan fingerprint density at radius 2 is 1.96 bits per heavy atom. The molecule has 0 spiro atoms. The monoisotopic (exact) mass is 320 g/mol. The average Bonchev–Trinajstić information content (AvgIpc) is 2.52. The van der Waals surface area contributed by atoms with Crippen LogP contribution in [0.2, 0.25) is 0 Å². The number of rotatable bonds is 4. The van der Waals surface area contributed by atoms with Gasteiger partial charge < -0.3 is 15.3 Å². The van der Waals surface area contributed by atoms with E-state index in [0.29, 0.717) is 16.6 Å². The minimum Gasteiger partial charge on any atom is -0.619 e. The Morgan fingerprint density at radius 1 is 1.30 bits per heavy atom. The fourth-order valence-electron chi connectivity index (χ4n) is 2.92. The van der Waals surface area contributed by atoms with Gasteiger partial charge in [0.05, 0.1) is 5.56 Å². The molecule has 1 saturated carbocycles. The molecule has 2 rings (SSSR count). The van der Waals surface area contributed by atoms with Gasteiger partial charge in [0.25, 0.3) is 5.91 Å². The molecule has 1 amide bonds. The lowest BCUT2D eigenvalue weighted by molar-refractivity contribution is -0.605. The Bertz CT molecular complexity index is 558. The number of carbonyl (C=O) groups is 2. The Kier molecular flexibility index (Phi) is 5.58. The van der Waals surface area contributed by atoms with Gasteiger partial charge in [-0.25, -0.2) is 4.79 Å². The summed E-state index contributed by atoms with van der Waals surface area (Å²) in [6.07, 6.45) is 4.81. The fourth-order valence-corrected chi connectivity index (χ4v) is 2.92. The largest absolute Gasteiger partial charge is 0.619 e. The molecule has 126 valence electrons. The normalized spacial score (nSPS) is 25.4. The summed E-state index contributed by atoms with van der Waals surface area (Å²) in [6, 6.07) is 2.86. The highest BCUT2D eigenvalue weighted by atomic mass is 16.5. The number of nitrogens with one attached hydrogen (secondary N) is 1. The van der Waals surface area contributed by atoms with Crippen LogP contribution >= 0.6 is 0 Å². The third-order valence-corrected chi connectivity index (χ3v) is 4.73. The molecular weight excluding hydrogens is 296 g/mol. The summed E-state index contributed by atoms with van der Waals surface area (Å²) in [5, 5.41) is 13.9. The molecule has 0 aliphatic heterocycles. The highest BCUT2D eigenvalue weighted by molar-refractivity contribution is 5.92. The van der Waals surface area contributed by atoms with E-state index in [0.717, 1.165) is 12.8 Å². The van der Waals surface area contributed by atoms with Crippen molar-refractivity contribution in [3.63, 3.8) is 0 Å². The van der Waals surface area contributed by atoms with Gasteiger partial charge in [-0.1, -0.05) is 26.7 Å². The SMILES string of the molecule is C[C@@H]1[C@H](C)CCC[C@H]1NC(=O)[C@@H](C)OC(=O)c1cc[n+]([O-])cc1. The maximum Gasteiger partial charge on any atom is 0.339 e. The van der Waals surface area contributed by atoms with Crippen LogP contribution in [-0.2, 0) is 9.53 Å². The van der Waals surface area contributed by atoms with Crippen molar-refractivity contribution in [1.82, 2.24) is 5.32 Å². The van der Waals surface area contributed by atoms with Crippen molar-refractivity contribution in [2.24, 2.45) is 11.8 Å². The second-order valence-electron chi connectivity index (χ2n) is 6.38. The van der Waals surface area contributed by atoms with Crippen molar-refractivity contribution < 1.29 is 19.1 Å². The summed E-state index contributed by atoms with van der Waals surface area (Å²) >= 11 is 0. The van der Waals surface area contributed by atoms with Crippen LogP contribution in [0.1, 0.15) is 50.4 Å². The van der Waals surface area contributed by atoms with Gasteiger partial charge in [-0.3, -0.25) is 4.79 Å². The second kappa shape index (κ2) is 7.44. The minimum absolute atomic E-state index is 0.128. The Hall–Kier alpha value is -2.11. The molecule has 1 aromatic heterocycles. The number of esters is 1. The molecule has 1 aromatic rings. The third-order valence-electron chi connectivity index (χ3n) is 4.73. The van der Waals surface area contributed by atoms with Crippen molar-refractivity contribution in [1.29, 1.82) is 0 Å². The van der Waals surface area contributed by atoms with Gasteiger partial charge in [0.2, 0.25) is 0 Å². The minimum atomic E-state index is -0.869. The van der Waals surface area contributed by atoms with E-state index >= 15 is 0 Å². The predicted octanol–water partition coefficient (Wildman–Crippen LogP) is 1.81. The molecule has 1 fully saturated rings. The number of pyridine rings is 1. The van der Waals surface area contributed by atoms with Crippen LogP contribution in [0.25, 0.3) is 0 Å². The molecule has 0 unspecified atom stereocenters. The van der Waals surface area contributed by atoms with Crippen molar-refractivity contribution in [2.45, 2.75) is 52.2 Å². The van der Waals surface area contributed by atoms with Crippen LogP contribution in [-0.4, -0.2) is 24.0 Å². The zero-order chi connectivity index (χ0) is 17.0. The molecule has 0 radical (unpaired) electrons. The van der Waals surface area contributed by atoms with Crippen molar-refractivity contribution in [3.05, 3.63) is 35.3 Å².